The van der Waals surface area contributed by atoms with Crippen LogP contribution in [0.4, 0.5) is 4.79 Å². The molecule has 1 saturated heterocycles. The molecule has 1 aromatic carbocycles. The highest BCUT2D eigenvalue weighted by Crippen LogP contribution is 2.48. The number of carbonyl (C=O) groups excluding carboxylic acids is 3. The summed E-state index contributed by atoms with van der Waals surface area (Å²) in [6.07, 6.45) is 5.09. The Balaban J connectivity index is 1.36. The average molecular weight is 756 g/mol. The Labute approximate surface area is 309 Å². The van der Waals surface area contributed by atoms with Gasteiger partial charge in [-0.15, -0.1) is 0 Å². The number of aromatic nitrogens is 1. The first-order valence-corrected chi connectivity index (χ1v) is 19.7. The van der Waals surface area contributed by atoms with Gasteiger partial charge < -0.3 is 34.9 Å². The van der Waals surface area contributed by atoms with Crippen molar-refractivity contribution in [1.82, 2.24) is 25.2 Å². The van der Waals surface area contributed by atoms with E-state index in [9.17, 15) is 32.7 Å². The molecule has 2 aromatic rings. The minimum atomic E-state index is -4.01. The molecule has 2 saturated carbocycles. The van der Waals surface area contributed by atoms with Gasteiger partial charge in [-0.05, 0) is 81.5 Å². The van der Waals surface area contributed by atoms with E-state index in [1.807, 2.05) is 26.0 Å². The number of nitrogens with zero attached hydrogens (tertiary/aromatic N) is 2. The average Bonchev–Trinajstić information content (AvgIpc) is 4.00. The van der Waals surface area contributed by atoms with Crippen molar-refractivity contribution >= 4 is 44.7 Å². The Kier molecular flexibility index (Phi) is 10.6. The third-order valence-electron chi connectivity index (χ3n) is 11.3. The van der Waals surface area contributed by atoms with E-state index in [-0.39, 0.29) is 42.9 Å². The SMILES string of the molecule is CC[C@@H]1C[C@H](C)CC/C=C\[C@@H]2C[C@@]2(C(=O)NS(=O)(=O)C2(C)CC2)NC(=O)[C@@H]2C[C@@H](Oc3cc4cc(OC)ccc4nc3OC)CN2C(=O)[C@H]1NC(=O)O. The number of hydrogen-bond donors (Lipinski definition) is 4. The maximum atomic E-state index is 14.5. The molecule has 2 aliphatic heterocycles. The van der Waals surface area contributed by atoms with Crippen LogP contribution >= 0.6 is 0 Å². The summed E-state index contributed by atoms with van der Waals surface area (Å²) in [5.41, 5.74) is -0.930. The van der Waals surface area contributed by atoms with E-state index < -0.39 is 68.2 Å². The Hall–Kier alpha value is -4.60. The van der Waals surface area contributed by atoms with Gasteiger partial charge in [0.15, 0.2) is 5.75 Å². The summed E-state index contributed by atoms with van der Waals surface area (Å²) >= 11 is 0. The van der Waals surface area contributed by atoms with Gasteiger partial charge in [-0.2, -0.15) is 0 Å². The molecular formula is C37H49N5O10S. The second-order valence-electron chi connectivity index (χ2n) is 15.1. The summed E-state index contributed by atoms with van der Waals surface area (Å²) in [5, 5.41) is 15.9. The van der Waals surface area contributed by atoms with E-state index in [2.05, 4.69) is 20.3 Å². The van der Waals surface area contributed by atoms with Crippen LogP contribution in [0.3, 0.4) is 0 Å². The van der Waals surface area contributed by atoms with Crippen molar-refractivity contribution in [1.29, 1.82) is 0 Å². The van der Waals surface area contributed by atoms with Crippen LogP contribution in [0.5, 0.6) is 17.4 Å². The van der Waals surface area contributed by atoms with Gasteiger partial charge >= 0.3 is 6.09 Å². The van der Waals surface area contributed by atoms with E-state index in [0.29, 0.717) is 48.8 Å². The van der Waals surface area contributed by atoms with Crippen LogP contribution in [0.25, 0.3) is 10.9 Å². The maximum absolute atomic E-state index is 14.5. The van der Waals surface area contributed by atoms with Crippen molar-refractivity contribution < 1.29 is 46.9 Å². The molecule has 0 radical (unpaired) electrons. The molecule has 15 nitrogen and oxygen atoms in total. The standard InChI is InChI=1S/C37H49N5O10S/c1-6-22-15-21(2)9-7-8-10-24-19-37(24,34(45)41-53(48,49)36(3)13-14-36)40-31(43)28-18-26(20-42(28)33(44)30(22)39-35(46)47)52-29-17-23-16-25(50-4)11-12-27(23)38-32(29)51-5/h8,10-12,16-17,21-22,24,26,28,30,39H,6-7,9,13-15,18-20H2,1-5H3,(H,40,43)(H,41,45)(H,46,47)/b10-8-/t21-,22-,24-,26-,28+,30+,37-/m1/s1. The van der Waals surface area contributed by atoms with Crippen LogP contribution in [-0.4, -0.2) is 96.5 Å². The molecule has 6 rings (SSSR count). The van der Waals surface area contributed by atoms with E-state index in [0.717, 1.165) is 6.42 Å². The monoisotopic (exact) mass is 755 g/mol. The lowest BCUT2D eigenvalue weighted by molar-refractivity contribution is -0.142. The molecule has 4 amide bonds. The summed E-state index contributed by atoms with van der Waals surface area (Å²) in [6, 6.07) is 4.72. The molecule has 4 N–H and O–H groups in total. The van der Waals surface area contributed by atoms with Crippen LogP contribution in [0.1, 0.15) is 72.1 Å². The first-order chi connectivity index (χ1) is 25.1. The number of fused-ring (bicyclic) bond motifs is 3. The predicted molar refractivity (Wildman–Crippen MR) is 194 cm³/mol. The smallest absolute Gasteiger partial charge is 0.405 e. The third-order valence-corrected chi connectivity index (χ3v) is 13.5. The number of methoxy groups -OCH3 is 2. The molecule has 53 heavy (non-hydrogen) atoms. The fraction of sp³-hybridized carbons (Fsp3) is 0.595. The van der Waals surface area contributed by atoms with Crippen molar-refractivity contribution in [3.8, 4) is 17.4 Å². The van der Waals surface area contributed by atoms with Gasteiger partial charge in [0, 0.05) is 17.7 Å². The van der Waals surface area contributed by atoms with Gasteiger partial charge in [-0.25, -0.2) is 18.2 Å². The lowest BCUT2D eigenvalue weighted by atomic mass is 9.85. The highest BCUT2D eigenvalue weighted by molar-refractivity contribution is 7.91. The van der Waals surface area contributed by atoms with Crippen molar-refractivity contribution in [3.05, 3.63) is 36.4 Å². The molecule has 3 fully saturated rings. The number of amides is 4. The van der Waals surface area contributed by atoms with Gasteiger partial charge in [0.1, 0.15) is 29.5 Å². The van der Waals surface area contributed by atoms with Crippen LogP contribution in [0.2, 0.25) is 0 Å². The number of carbonyl (C=O) groups is 4. The molecular weight excluding hydrogens is 706 g/mol. The Morgan fingerprint density at radius 2 is 1.89 bits per heavy atom. The molecule has 3 heterocycles. The summed E-state index contributed by atoms with van der Waals surface area (Å²) in [7, 11) is -1.01. The number of sulfonamides is 1. The minimum Gasteiger partial charge on any atom is -0.497 e. The maximum Gasteiger partial charge on any atom is 0.405 e. The second-order valence-corrected chi connectivity index (χ2v) is 17.3. The van der Waals surface area contributed by atoms with E-state index in [1.54, 1.807) is 38.3 Å². The zero-order valence-corrected chi connectivity index (χ0v) is 31.5. The summed E-state index contributed by atoms with van der Waals surface area (Å²) in [4.78, 5) is 60.8. The van der Waals surface area contributed by atoms with Crippen LogP contribution < -0.4 is 29.6 Å². The summed E-state index contributed by atoms with van der Waals surface area (Å²) in [6.45, 7) is 5.43. The highest BCUT2D eigenvalue weighted by Gasteiger charge is 2.63. The molecule has 288 valence electrons. The first kappa shape index (κ1) is 38.1. The predicted octanol–water partition coefficient (Wildman–Crippen LogP) is 3.51. The van der Waals surface area contributed by atoms with Gasteiger partial charge in [-0.1, -0.05) is 32.4 Å². The van der Waals surface area contributed by atoms with Gasteiger partial charge in [0.25, 0.3) is 11.8 Å². The number of allylic oxidation sites excluding steroid dienone is 1. The fourth-order valence-corrected chi connectivity index (χ4v) is 8.92. The molecule has 0 spiro atoms. The van der Waals surface area contributed by atoms with Gasteiger partial charge in [0.05, 0.1) is 31.0 Å². The lowest BCUT2D eigenvalue weighted by Crippen LogP contribution is -2.59. The van der Waals surface area contributed by atoms with Crippen LogP contribution in [0.15, 0.2) is 36.4 Å². The second kappa shape index (κ2) is 14.7. The Bertz CT molecular complexity index is 1920. The molecule has 0 unspecified atom stereocenters. The molecule has 7 atom stereocenters. The summed E-state index contributed by atoms with van der Waals surface area (Å²) in [5.74, 6) is -1.77. The quantitative estimate of drug-likeness (QED) is 0.273. The van der Waals surface area contributed by atoms with Crippen molar-refractivity contribution in [2.45, 2.75) is 101 Å². The number of nitrogens with one attached hydrogen (secondary N) is 3. The van der Waals surface area contributed by atoms with E-state index >= 15 is 0 Å². The number of carboxylic acid groups (broad SMARTS) is 1. The Morgan fingerprint density at radius 3 is 2.55 bits per heavy atom. The topological polar surface area (TPSA) is 203 Å². The van der Waals surface area contributed by atoms with Crippen LogP contribution in [-0.2, 0) is 24.4 Å². The summed E-state index contributed by atoms with van der Waals surface area (Å²) < 4.78 is 44.8. The minimum absolute atomic E-state index is 0.0154. The van der Waals surface area contributed by atoms with Crippen molar-refractivity contribution in [2.24, 2.45) is 17.8 Å². The third kappa shape index (κ3) is 7.73. The number of ether oxygens (including phenoxy) is 3. The largest absolute Gasteiger partial charge is 0.497 e. The fourth-order valence-electron chi connectivity index (χ4n) is 7.60. The zero-order valence-electron chi connectivity index (χ0n) is 30.7. The van der Waals surface area contributed by atoms with Crippen molar-refractivity contribution in [3.63, 3.8) is 0 Å². The highest BCUT2D eigenvalue weighted by atomic mass is 32.2. The van der Waals surface area contributed by atoms with Gasteiger partial charge in [0.2, 0.25) is 21.8 Å². The number of benzene rings is 1. The van der Waals surface area contributed by atoms with E-state index in [1.165, 1.54) is 12.0 Å². The number of rotatable bonds is 9. The molecule has 16 heteroatoms. The molecule has 1 aromatic heterocycles. The Morgan fingerprint density at radius 1 is 1.13 bits per heavy atom. The number of pyridine rings is 1. The lowest BCUT2D eigenvalue weighted by Gasteiger charge is -2.33. The van der Waals surface area contributed by atoms with Crippen LogP contribution in [0, 0.1) is 17.8 Å². The molecule has 4 aliphatic rings. The first-order valence-electron chi connectivity index (χ1n) is 18.2. The number of hydrogen-bond acceptors (Lipinski definition) is 10. The van der Waals surface area contributed by atoms with Gasteiger partial charge in [-0.3, -0.25) is 19.1 Å². The normalized spacial score (nSPS) is 30.4. The zero-order chi connectivity index (χ0) is 38.3. The van der Waals surface area contributed by atoms with Crippen molar-refractivity contribution in [2.75, 3.05) is 20.8 Å². The van der Waals surface area contributed by atoms with E-state index in [4.69, 9.17) is 14.2 Å². The molecule has 0 bridgehead atoms. The molecule has 2 aliphatic carbocycles.